The summed E-state index contributed by atoms with van der Waals surface area (Å²) < 4.78 is 0. The van der Waals surface area contributed by atoms with Crippen LogP contribution < -0.4 is 10.6 Å². The van der Waals surface area contributed by atoms with E-state index >= 15 is 0 Å². The second kappa shape index (κ2) is 9.69. The summed E-state index contributed by atoms with van der Waals surface area (Å²) >= 11 is 0. The van der Waals surface area contributed by atoms with E-state index in [1.165, 1.54) is 17.7 Å². The standard InChI is InChI=1S/C25H33N5O2/c1-3-18(2)24(31)30-14-10-21(16-22(30)26)29-13-8-9-19-15-20(17-27-23(19)29)25(32)28-11-6-4-5-7-12-28/h10,14-17,22H,2-9,11-13,26H2,1H3. The van der Waals surface area contributed by atoms with Gasteiger partial charge in [0.2, 0.25) is 0 Å². The fourth-order valence-corrected chi connectivity index (χ4v) is 4.57. The zero-order valence-electron chi connectivity index (χ0n) is 18.9. The van der Waals surface area contributed by atoms with Crippen LogP contribution in [0.5, 0.6) is 0 Å². The van der Waals surface area contributed by atoms with Crippen LogP contribution in [-0.4, -0.2) is 52.4 Å². The van der Waals surface area contributed by atoms with Gasteiger partial charge in [-0.25, -0.2) is 4.98 Å². The Labute approximate surface area is 190 Å². The number of nitrogens with two attached hydrogens (primary N) is 1. The van der Waals surface area contributed by atoms with E-state index in [2.05, 4.69) is 11.5 Å². The summed E-state index contributed by atoms with van der Waals surface area (Å²) in [7, 11) is 0. The van der Waals surface area contributed by atoms with Gasteiger partial charge in [0, 0.05) is 43.3 Å². The Balaban J connectivity index is 1.53. The van der Waals surface area contributed by atoms with Gasteiger partial charge in [-0.05, 0) is 55.9 Å². The molecule has 1 aromatic rings. The molecule has 0 aromatic carbocycles. The summed E-state index contributed by atoms with van der Waals surface area (Å²) in [4.78, 5) is 35.8. The van der Waals surface area contributed by atoms with Gasteiger partial charge in [-0.2, -0.15) is 0 Å². The lowest BCUT2D eigenvalue weighted by Crippen LogP contribution is -2.44. The highest BCUT2D eigenvalue weighted by Gasteiger charge is 2.27. The molecule has 3 aliphatic heterocycles. The van der Waals surface area contributed by atoms with E-state index in [9.17, 15) is 9.59 Å². The number of aromatic nitrogens is 1. The summed E-state index contributed by atoms with van der Waals surface area (Å²) in [6.45, 7) is 8.21. The molecule has 1 atom stereocenters. The first-order valence-corrected chi connectivity index (χ1v) is 11.7. The predicted molar refractivity (Wildman–Crippen MR) is 126 cm³/mol. The zero-order valence-corrected chi connectivity index (χ0v) is 18.9. The Kier molecular flexibility index (Phi) is 6.74. The summed E-state index contributed by atoms with van der Waals surface area (Å²) in [5.74, 6) is 0.799. The lowest BCUT2D eigenvalue weighted by atomic mass is 10.0. The lowest BCUT2D eigenvalue weighted by molar-refractivity contribution is -0.125. The molecular formula is C25H33N5O2. The van der Waals surface area contributed by atoms with Crippen molar-refractivity contribution < 1.29 is 9.59 Å². The highest BCUT2D eigenvalue weighted by Crippen LogP contribution is 2.31. The number of allylic oxidation sites excluding steroid dienone is 1. The molecule has 0 saturated carbocycles. The molecule has 170 valence electrons. The molecule has 4 heterocycles. The van der Waals surface area contributed by atoms with Crippen LogP contribution in [0.2, 0.25) is 0 Å². The Hall–Kier alpha value is -2.93. The van der Waals surface area contributed by atoms with E-state index in [1.807, 2.05) is 30.0 Å². The van der Waals surface area contributed by atoms with E-state index in [1.54, 1.807) is 12.4 Å². The highest BCUT2D eigenvalue weighted by atomic mass is 16.2. The molecule has 1 unspecified atom stereocenters. The third-order valence-corrected chi connectivity index (χ3v) is 6.51. The van der Waals surface area contributed by atoms with Crippen LogP contribution in [0.25, 0.3) is 0 Å². The first kappa shape index (κ1) is 22.3. The second-order valence-corrected chi connectivity index (χ2v) is 8.74. The summed E-state index contributed by atoms with van der Waals surface area (Å²) in [6.07, 6.45) is 13.7. The smallest absolute Gasteiger partial charge is 0.255 e. The number of carbonyl (C=O) groups is 2. The summed E-state index contributed by atoms with van der Waals surface area (Å²) in [5.41, 5.74) is 9.50. The van der Waals surface area contributed by atoms with E-state index in [-0.39, 0.29) is 11.8 Å². The zero-order chi connectivity index (χ0) is 22.7. The normalized spacial score (nSPS) is 21.0. The average Bonchev–Trinajstić information content (AvgIpc) is 3.11. The maximum Gasteiger partial charge on any atom is 0.255 e. The fourth-order valence-electron chi connectivity index (χ4n) is 4.57. The minimum absolute atomic E-state index is 0.0865. The van der Waals surface area contributed by atoms with Crippen molar-refractivity contribution in [2.45, 2.75) is 58.0 Å². The molecule has 32 heavy (non-hydrogen) atoms. The Morgan fingerprint density at radius 2 is 1.91 bits per heavy atom. The van der Waals surface area contributed by atoms with Crippen molar-refractivity contribution >= 4 is 17.6 Å². The molecule has 0 aliphatic carbocycles. The number of carbonyl (C=O) groups excluding carboxylic acids is 2. The average molecular weight is 436 g/mol. The van der Waals surface area contributed by atoms with Crippen molar-refractivity contribution in [2.24, 2.45) is 5.73 Å². The van der Waals surface area contributed by atoms with Gasteiger partial charge in [0.05, 0.1) is 5.56 Å². The molecule has 1 aromatic heterocycles. The topological polar surface area (TPSA) is 82.8 Å². The molecule has 4 rings (SSSR count). The van der Waals surface area contributed by atoms with E-state index in [0.717, 1.165) is 62.4 Å². The molecule has 7 nitrogen and oxygen atoms in total. The first-order valence-electron chi connectivity index (χ1n) is 11.7. The molecule has 1 fully saturated rings. The van der Waals surface area contributed by atoms with Crippen LogP contribution in [0, 0.1) is 0 Å². The van der Waals surface area contributed by atoms with Crippen LogP contribution in [0.1, 0.15) is 61.4 Å². The van der Waals surface area contributed by atoms with Crippen LogP contribution in [-0.2, 0) is 11.2 Å². The van der Waals surface area contributed by atoms with Crippen LogP contribution in [0.3, 0.4) is 0 Å². The van der Waals surface area contributed by atoms with Crippen LogP contribution in [0.4, 0.5) is 5.82 Å². The number of anilines is 1. The predicted octanol–water partition coefficient (Wildman–Crippen LogP) is 3.34. The van der Waals surface area contributed by atoms with Gasteiger partial charge in [-0.1, -0.05) is 26.3 Å². The van der Waals surface area contributed by atoms with Gasteiger partial charge in [-0.15, -0.1) is 0 Å². The Morgan fingerprint density at radius 3 is 2.59 bits per heavy atom. The van der Waals surface area contributed by atoms with Gasteiger partial charge in [-0.3, -0.25) is 14.5 Å². The largest absolute Gasteiger partial charge is 0.339 e. The van der Waals surface area contributed by atoms with Gasteiger partial charge >= 0.3 is 0 Å². The van der Waals surface area contributed by atoms with Crippen molar-refractivity contribution in [1.82, 2.24) is 14.8 Å². The van der Waals surface area contributed by atoms with Crippen LogP contribution in [0.15, 0.2) is 48.5 Å². The van der Waals surface area contributed by atoms with Crippen molar-refractivity contribution in [3.63, 3.8) is 0 Å². The van der Waals surface area contributed by atoms with Crippen molar-refractivity contribution in [1.29, 1.82) is 0 Å². The van der Waals surface area contributed by atoms with Gasteiger partial charge < -0.3 is 15.5 Å². The minimum atomic E-state index is -0.555. The SMILES string of the molecule is C=C(CC)C(=O)N1C=CC(N2CCCc3cc(C(=O)N4CCCCCC4)cnc32)=CC1N. The molecule has 2 amide bonds. The third kappa shape index (κ3) is 4.48. The number of rotatable bonds is 4. The summed E-state index contributed by atoms with van der Waals surface area (Å²) in [5, 5.41) is 0. The number of nitrogens with zero attached hydrogens (tertiary/aromatic N) is 4. The minimum Gasteiger partial charge on any atom is -0.339 e. The Bertz CT molecular complexity index is 959. The first-order chi connectivity index (χ1) is 15.5. The van der Waals surface area contributed by atoms with Gasteiger partial charge in [0.15, 0.2) is 0 Å². The monoisotopic (exact) mass is 435 g/mol. The molecule has 0 bridgehead atoms. The number of fused-ring (bicyclic) bond motifs is 1. The molecule has 2 N–H and O–H groups in total. The molecule has 7 heteroatoms. The number of pyridine rings is 1. The number of likely N-dealkylation sites (tertiary alicyclic amines) is 1. The number of hydrogen-bond donors (Lipinski definition) is 1. The molecular weight excluding hydrogens is 402 g/mol. The second-order valence-electron chi connectivity index (χ2n) is 8.74. The van der Waals surface area contributed by atoms with Gasteiger partial charge in [0.25, 0.3) is 11.8 Å². The maximum atomic E-state index is 13.0. The third-order valence-electron chi connectivity index (χ3n) is 6.51. The number of hydrogen-bond acceptors (Lipinski definition) is 5. The fraction of sp³-hybridized carbons (Fsp3) is 0.480. The number of amides is 2. The van der Waals surface area contributed by atoms with Gasteiger partial charge in [0.1, 0.15) is 12.0 Å². The quantitative estimate of drug-likeness (QED) is 0.734. The molecule has 0 radical (unpaired) electrons. The van der Waals surface area contributed by atoms with E-state index < -0.39 is 6.17 Å². The van der Waals surface area contributed by atoms with Crippen molar-refractivity contribution in [2.75, 3.05) is 24.5 Å². The van der Waals surface area contributed by atoms with Crippen molar-refractivity contribution in [3.8, 4) is 0 Å². The van der Waals surface area contributed by atoms with E-state index in [0.29, 0.717) is 17.6 Å². The van der Waals surface area contributed by atoms with E-state index in [4.69, 9.17) is 10.7 Å². The molecule has 0 spiro atoms. The maximum absolute atomic E-state index is 13.0. The van der Waals surface area contributed by atoms with Crippen LogP contribution >= 0.6 is 0 Å². The molecule has 1 saturated heterocycles. The number of aryl methyl sites for hydroxylation is 1. The lowest BCUT2D eigenvalue weighted by Gasteiger charge is -2.35. The summed E-state index contributed by atoms with van der Waals surface area (Å²) in [6, 6.07) is 2.01. The molecule has 3 aliphatic rings. The highest BCUT2D eigenvalue weighted by molar-refractivity contribution is 5.95. The Morgan fingerprint density at radius 1 is 1.16 bits per heavy atom. The van der Waals surface area contributed by atoms with Crippen molar-refractivity contribution in [3.05, 3.63) is 59.6 Å².